The summed E-state index contributed by atoms with van der Waals surface area (Å²) in [5.74, 6) is -0.715. The molecule has 0 atom stereocenters. The summed E-state index contributed by atoms with van der Waals surface area (Å²) in [7, 11) is 8.19. The Hall–Kier alpha value is -0.650. The van der Waals surface area contributed by atoms with Crippen molar-refractivity contribution in [3.63, 3.8) is 0 Å². The Balaban J connectivity index is 3.87. The number of nitrogens with zero attached hydrogens (tertiary/aromatic N) is 3. The molecule has 1 N–H and O–H groups in total. The first-order chi connectivity index (χ1) is 7.91. The molecule has 0 amide bonds. The monoisotopic (exact) mass is 245 g/mol. The summed E-state index contributed by atoms with van der Waals surface area (Å²) in [5, 5.41) is 8.71. The van der Waals surface area contributed by atoms with Gasteiger partial charge in [0.2, 0.25) is 0 Å². The lowest BCUT2D eigenvalue weighted by Gasteiger charge is -2.24. The highest BCUT2D eigenvalue weighted by atomic mass is 16.4. The summed E-state index contributed by atoms with van der Waals surface area (Å²) in [4.78, 5) is 17.1. The SMILES string of the molecule is CN(C)CCCN(CCC(=O)O)CCN(C)C. The summed E-state index contributed by atoms with van der Waals surface area (Å²) in [5.41, 5.74) is 0. The molecule has 0 aliphatic heterocycles. The highest BCUT2D eigenvalue weighted by Crippen LogP contribution is 1.96. The molecule has 0 radical (unpaired) electrons. The van der Waals surface area contributed by atoms with Gasteiger partial charge in [-0.05, 0) is 47.7 Å². The maximum absolute atomic E-state index is 10.6. The van der Waals surface area contributed by atoms with Crippen molar-refractivity contribution >= 4 is 5.97 Å². The van der Waals surface area contributed by atoms with Crippen molar-refractivity contribution in [2.75, 3.05) is 60.9 Å². The molecule has 0 aromatic carbocycles. The van der Waals surface area contributed by atoms with E-state index in [1.54, 1.807) is 0 Å². The quantitative estimate of drug-likeness (QED) is 0.599. The predicted octanol–water partition coefficient (Wildman–Crippen LogP) is 0.276. The normalized spacial score (nSPS) is 11.7. The van der Waals surface area contributed by atoms with E-state index in [1.807, 2.05) is 14.1 Å². The van der Waals surface area contributed by atoms with Crippen molar-refractivity contribution in [1.82, 2.24) is 14.7 Å². The second kappa shape index (κ2) is 9.39. The van der Waals surface area contributed by atoms with Crippen LogP contribution in [-0.2, 0) is 4.79 Å². The topological polar surface area (TPSA) is 47.0 Å². The van der Waals surface area contributed by atoms with E-state index >= 15 is 0 Å². The first kappa shape index (κ1) is 16.4. The molecule has 0 aliphatic carbocycles. The van der Waals surface area contributed by atoms with Gasteiger partial charge in [-0.1, -0.05) is 0 Å². The highest BCUT2D eigenvalue weighted by Gasteiger charge is 2.07. The average Bonchev–Trinajstić information content (AvgIpc) is 2.20. The van der Waals surface area contributed by atoms with Gasteiger partial charge in [-0.25, -0.2) is 0 Å². The molecule has 5 nitrogen and oxygen atoms in total. The van der Waals surface area contributed by atoms with Crippen LogP contribution >= 0.6 is 0 Å². The summed E-state index contributed by atoms with van der Waals surface area (Å²) >= 11 is 0. The number of carboxylic acid groups (broad SMARTS) is 1. The molecule has 0 rings (SSSR count). The first-order valence-electron chi connectivity index (χ1n) is 6.15. The maximum Gasteiger partial charge on any atom is 0.304 e. The van der Waals surface area contributed by atoms with Crippen molar-refractivity contribution in [1.29, 1.82) is 0 Å². The number of hydrogen-bond acceptors (Lipinski definition) is 4. The summed E-state index contributed by atoms with van der Waals surface area (Å²) < 4.78 is 0. The smallest absolute Gasteiger partial charge is 0.304 e. The Kier molecular flexibility index (Phi) is 9.03. The van der Waals surface area contributed by atoms with Gasteiger partial charge < -0.3 is 19.8 Å². The highest BCUT2D eigenvalue weighted by molar-refractivity contribution is 5.66. The van der Waals surface area contributed by atoms with Gasteiger partial charge in [0.15, 0.2) is 0 Å². The van der Waals surface area contributed by atoms with Crippen LogP contribution in [0.25, 0.3) is 0 Å². The number of likely N-dealkylation sites (N-methyl/N-ethyl adjacent to an activating group) is 1. The predicted molar refractivity (Wildman–Crippen MR) is 70.4 cm³/mol. The fraction of sp³-hybridized carbons (Fsp3) is 0.917. The second-order valence-corrected chi connectivity index (χ2v) is 4.95. The molecule has 0 aromatic heterocycles. The van der Waals surface area contributed by atoms with E-state index in [2.05, 4.69) is 28.8 Å². The van der Waals surface area contributed by atoms with E-state index < -0.39 is 5.97 Å². The number of carbonyl (C=O) groups is 1. The molecule has 0 fully saturated rings. The molecule has 0 unspecified atom stereocenters. The zero-order chi connectivity index (χ0) is 13.3. The van der Waals surface area contributed by atoms with E-state index in [0.717, 1.165) is 32.6 Å². The van der Waals surface area contributed by atoms with Crippen LogP contribution in [-0.4, -0.2) is 86.7 Å². The zero-order valence-electron chi connectivity index (χ0n) is 11.6. The molecule has 0 bridgehead atoms. The third-order valence-corrected chi connectivity index (χ3v) is 2.59. The zero-order valence-corrected chi connectivity index (χ0v) is 11.6. The molecule has 102 valence electrons. The molecular formula is C12H27N3O2. The number of aliphatic carboxylic acids is 1. The van der Waals surface area contributed by atoms with Gasteiger partial charge in [0.25, 0.3) is 0 Å². The van der Waals surface area contributed by atoms with E-state index in [-0.39, 0.29) is 6.42 Å². The van der Waals surface area contributed by atoms with Crippen LogP contribution in [0.3, 0.4) is 0 Å². The van der Waals surface area contributed by atoms with Crippen molar-refractivity contribution in [3.05, 3.63) is 0 Å². The van der Waals surface area contributed by atoms with Crippen molar-refractivity contribution in [2.45, 2.75) is 12.8 Å². The van der Waals surface area contributed by atoms with Gasteiger partial charge in [-0.2, -0.15) is 0 Å². The van der Waals surface area contributed by atoms with Crippen molar-refractivity contribution in [2.24, 2.45) is 0 Å². The number of hydrogen-bond donors (Lipinski definition) is 1. The molecule has 17 heavy (non-hydrogen) atoms. The second-order valence-electron chi connectivity index (χ2n) is 4.95. The molecule has 0 aliphatic rings. The Morgan fingerprint density at radius 2 is 1.47 bits per heavy atom. The standard InChI is InChI=1S/C12H27N3O2/c1-13(2)7-5-8-15(9-6-12(16)17)11-10-14(3)4/h5-11H2,1-4H3,(H,16,17). The van der Waals surface area contributed by atoms with Crippen LogP contribution in [0.4, 0.5) is 0 Å². The van der Waals surface area contributed by atoms with Crippen molar-refractivity contribution in [3.8, 4) is 0 Å². The minimum Gasteiger partial charge on any atom is -0.481 e. The van der Waals surface area contributed by atoms with Gasteiger partial charge in [-0.15, -0.1) is 0 Å². The van der Waals surface area contributed by atoms with Gasteiger partial charge >= 0.3 is 5.97 Å². The molecule has 5 heteroatoms. The first-order valence-corrected chi connectivity index (χ1v) is 6.15. The van der Waals surface area contributed by atoms with Crippen molar-refractivity contribution < 1.29 is 9.90 Å². The lowest BCUT2D eigenvalue weighted by atomic mass is 10.3. The van der Waals surface area contributed by atoms with Gasteiger partial charge in [0.05, 0.1) is 6.42 Å². The summed E-state index contributed by atoms with van der Waals surface area (Å²) in [6, 6.07) is 0. The molecular weight excluding hydrogens is 218 g/mol. The van der Waals surface area contributed by atoms with E-state index in [1.165, 1.54) is 0 Å². The van der Waals surface area contributed by atoms with Crippen LogP contribution in [0.2, 0.25) is 0 Å². The Morgan fingerprint density at radius 1 is 0.882 bits per heavy atom. The Labute approximate surface area is 105 Å². The number of carboxylic acids is 1. The average molecular weight is 245 g/mol. The maximum atomic E-state index is 10.6. The summed E-state index contributed by atoms with van der Waals surface area (Å²) in [6.45, 7) is 4.58. The molecule has 0 heterocycles. The fourth-order valence-electron chi connectivity index (χ4n) is 1.54. The van der Waals surface area contributed by atoms with Crippen LogP contribution < -0.4 is 0 Å². The van der Waals surface area contributed by atoms with Crippen LogP contribution in [0, 0.1) is 0 Å². The Bertz CT molecular complexity index is 208. The fourth-order valence-corrected chi connectivity index (χ4v) is 1.54. The van der Waals surface area contributed by atoms with Gasteiger partial charge in [-0.3, -0.25) is 4.79 Å². The minimum absolute atomic E-state index is 0.232. The van der Waals surface area contributed by atoms with E-state index in [4.69, 9.17) is 5.11 Å². The van der Waals surface area contributed by atoms with E-state index in [9.17, 15) is 4.79 Å². The third kappa shape index (κ3) is 11.6. The van der Waals surface area contributed by atoms with Gasteiger partial charge in [0, 0.05) is 19.6 Å². The largest absolute Gasteiger partial charge is 0.481 e. The van der Waals surface area contributed by atoms with E-state index in [0.29, 0.717) is 6.54 Å². The molecule has 0 saturated heterocycles. The Morgan fingerprint density at radius 3 is 1.94 bits per heavy atom. The van der Waals surface area contributed by atoms with Gasteiger partial charge in [0.1, 0.15) is 0 Å². The summed E-state index contributed by atoms with van der Waals surface area (Å²) in [6.07, 6.45) is 1.31. The minimum atomic E-state index is -0.715. The molecule has 0 saturated carbocycles. The third-order valence-electron chi connectivity index (χ3n) is 2.59. The lowest BCUT2D eigenvalue weighted by molar-refractivity contribution is -0.137. The lowest BCUT2D eigenvalue weighted by Crippen LogP contribution is -2.35. The number of rotatable bonds is 10. The van der Waals surface area contributed by atoms with Crippen LogP contribution in [0.15, 0.2) is 0 Å². The van der Waals surface area contributed by atoms with Crippen LogP contribution in [0.1, 0.15) is 12.8 Å². The molecule has 0 spiro atoms. The molecule has 0 aromatic rings. The van der Waals surface area contributed by atoms with Crippen LogP contribution in [0.5, 0.6) is 0 Å².